The van der Waals surface area contributed by atoms with Gasteiger partial charge < -0.3 is 10.1 Å². The number of hydrogen-bond acceptors (Lipinski definition) is 2. The zero-order valence-corrected chi connectivity index (χ0v) is 17.5. The van der Waals surface area contributed by atoms with E-state index in [1.54, 1.807) is 12.1 Å². The molecular weight excluding hydrogens is 397 g/mol. The van der Waals surface area contributed by atoms with Gasteiger partial charge in [-0.3, -0.25) is 0 Å². The summed E-state index contributed by atoms with van der Waals surface area (Å²) >= 11 is 0. The molecule has 0 aliphatic rings. The summed E-state index contributed by atoms with van der Waals surface area (Å²) in [5.41, 5.74) is 2.98. The van der Waals surface area contributed by atoms with Crippen LogP contribution in [0.2, 0.25) is 0 Å². The van der Waals surface area contributed by atoms with Crippen molar-refractivity contribution in [3.8, 4) is 5.75 Å². The van der Waals surface area contributed by atoms with Crippen LogP contribution in [0.5, 0.6) is 5.75 Å². The van der Waals surface area contributed by atoms with Crippen LogP contribution in [-0.2, 0) is 19.6 Å². The normalized spacial score (nSPS) is 10.6. The monoisotopic (exact) mass is 421 g/mol. The summed E-state index contributed by atoms with van der Waals surface area (Å²) in [6.45, 7) is 1.78. The predicted molar refractivity (Wildman–Crippen MR) is 124 cm³/mol. The van der Waals surface area contributed by atoms with Crippen LogP contribution in [0.15, 0.2) is 91.0 Å². The van der Waals surface area contributed by atoms with Gasteiger partial charge in [-0.2, -0.15) is 0 Å². The molecule has 0 amide bonds. The number of hydrogen-bond donors (Lipinski definition) is 1. The molecule has 30 heavy (non-hydrogen) atoms. The fraction of sp³-hybridized carbons (Fsp3) is 0.154. The maximum absolute atomic E-state index is 14.0. The minimum absolute atomic E-state index is 0. The molecule has 0 radical (unpaired) electrons. The van der Waals surface area contributed by atoms with Crippen molar-refractivity contribution in [3.05, 3.63) is 114 Å². The Morgan fingerprint density at radius 3 is 2.33 bits per heavy atom. The summed E-state index contributed by atoms with van der Waals surface area (Å²) in [5, 5.41) is 5.87. The van der Waals surface area contributed by atoms with E-state index in [-0.39, 0.29) is 24.8 Å². The highest BCUT2D eigenvalue weighted by molar-refractivity contribution is 5.87. The zero-order valence-electron chi connectivity index (χ0n) is 16.7. The number of benzene rings is 4. The molecule has 1 N–H and O–H groups in total. The van der Waals surface area contributed by atoms with Crippen LogP contribution in [0.4, 0.5) is 4.39 Å². The Balaban J connectivity index is 0.00000256. The van der Waals surface area contributed by atoms with Crippen molar-refractivity contribution in [2.45, 2.75) is 19.6 Å². The van der Waals surface area contributed by atoms with Gasteiger partial charge in [-0.05, 0) is 41.4 Å². The van der Waals surface area contributed by atoms with Crippen molar-refractivity contribution < 1.29 is 9.13 Å². The van der Waals surface area contributed by atoms with E-state index in [1.165, 1.54) is 17.0 Å². The second kappa shape index (κ2) is 10.8. The molecule has 4 aromatic carbocycles. The lowest BCUT2D eigenvalue weighted by atomic mass is 10.0. The average molecular weight is 422 g/mol. The van der Waals surface area contributed by atoms with Gasteiger partial charge in [-0.1, -0.05) is 78.9 Å². The third-order valence-corrected chi connectivity index (χ3v) is 5.07. The topological polar surface area (TPSA) is 21.3 Å². The fourth-order valence-electron chi connectivity index (χ4n) is 3.50. The lowest BCUT2D eigenvalue weighted by Crippen LogP contribution is -2.17. The van der Waals surface area contributed by atoms with Crippen LogP contribution in [0.1, 0.15) is 16.7 Å². The Hall–Kier alpha value is -2.88. The van der Waals surface area contributed by atoms with E-state index in [4.69, 9.17) is 4.74 Å². The van der Waals surface area contributed by atoms with Gasteiger partial charge in [-0.15, -0.1) is 12.4 Å². The molecule has 0 aliphatic carbocycles. The highest BCUT2D eigenvalue weighted by atomic mass is 35.5. The Labute approximate surface area is 183 Å². The molecule has 0 unspecified atom stereocenters. The first-order valence-corrected chi connectivity index (χ1v) is 9.93. The number of ether oxygens (including phenoxy) is 1. The van der Waals surface area contributed by atoms with E-state index in [2.05, 4.69) is 47.8 Å². The van der Waals surface area contributed by atoms with Crippen LogP contribution in [0.3, 0.4) is 0 Å². The lowest BCUT2D eigenvalue weighted by Gasteiger charge is -2.15. The maximum Gasteiger partial charge on any atom is 0.129 e. The van der Waals surface area contributed by atoms with Gasteiger partial charge in [0.25, 0.3) is 0 Å². The summed E-state index contributed by atoms with van der Waals surface area (Å²) in [7, 11) is 0. The second-order valence-corrected chi connectivity index (χ2v) is 7.06. The first-order valence-electron chi connectivity index (χ1n) is 9.93. The molecule has 0 heterocycles. The van der Waals surface area contributed by atoms with Crippen LogP contribution < -0.4 is 10.1 Å². The van der Waals surface area contributed by atoms with E-state index in [0.29, 0.717) is 12.1 Å². The van der Waals surface area contributed by atoms with Crippen molar-refractivity contribution in [2.24, 2.45) is 0 Å². The van der Waals surface area contributed by atoms with Crippen molar-refractivity contribution >= 4 is 23.2 Å². The van der Waals surface area contributed by atoms with Crippen molar-refractivity contribution in [1.29, 1.82) is 0 Å². The minimum atomic E-state index is -0.240. The standard InChI is InChI=1S/C26H24FNO.ClH/c27-25-13-7-5-11-22(25)19-29-26-15-14-21-10-4-6-12-23(21)24(26)18-28-17-16-20-8-2-1-3-9-20;/h1-15,28H,16-19H2;1H. The van der Waals surface area contributed by atoms with Crippen molar-refractivity contribution in [2.75, 3.05) is 6.54 Å². The average Bonchev–Trinajstić information content (AvgIpc) is 2.77. The molecule has 0 aromatic heterocycles. The zero-order chi connectivity index (χ0) is 19.9. The van der Waals surface area contributed by atoms with Crippen LogP contribution in [0, 0.1) is 5.82 Å². The first kappa shape index (κ1) is 21.8. The quantitative estimate of drug-likeness (QED) is 0.336. The lowest BCUT2D eigenvalue weighted by molar-refractivity contribution is 0.296. The molecule has 0 atom stereocenters. The molecular formula is C26H25ClFNO. The SMILES string of the molecule is Cl.Fc1ccccc1COc1ccc2ccccc2c1CNCCc1ccccc1. The summed E-state index contributed by atoms with van der Waals surface area (Å²) in [6.07, 6.45) is 0.969. The molecule has 0 bridgehead atoms. The predicted octanol–water partition coefficient (Wildman–Crippen LogP) is 6.31. The van der Waals surface area contributed by atoms with E-state index >= 15 is 0 Å². The number of fused-ring (bicyclic) bond motifs is 1. The molecule has 2 nitrogen and oxygen atoms in total. The summed E-state index contributed by atoms with van der Waals surface area (Å²) in [4.78, 5) is 0. The van der Waals surface area contributed by atoms with Gasteiger partial charge in [0.05, 0.1) is 0 Å². The first-order chi connectivity index (χ1) is 14.3. The number of halogens is 2. The van der Waals surface area contributed by atoms with Crippen LogP contribution in [-0.4, -0.2) is 6.54 Å². The van der Waals surface area contributed by atoms with E-state index in [1.807, 2.05) is 30.3 Å². The van der Waals surface area contributed by atoms with Gasteiger partial charge in [0.1, 0.15) is 18.2 Å². The second-order valence-electron chi connectivity index (χ2n) is 7.06. The van der Waals surface area contributed by atoms with Crippen molar-refractivity contribution in [1.82, 2.24) is 5.32 Å². The summed E-state index contributed by atoms with van der Waals surface area (Å²) in [5.74, 6) is 0.551. The van der Waals surface area contributed by atoms with E-state index < -0.39 is 0 Å². The number of rotatable bonds is 8. The minimum Gasteiger partial charge on any atom is -0.488 e. The molecule has 0 aliphatic heterocycles. The molecule has 0 spiro atoms. The molecule has 154 valence electrons. The Morgan fingerprint density at radius 2 is 1.50 bits per heavy atom. The highest BCUT2D eigenvalue weighted by Crippen LogP contribution is 2.29. The molecule has 4 rings (SSSR count). The van der Waals surface area contributed by atoms with Crippen molar-refractivity contribution in [3.63, 3.8) is 0 Å². The van der Waals surface area contributed by atoms with Gasteiger partial charge in [0, 0.05) is 17.7 Å². The Morgan fingerprint density at radius 1 is 0.767 bits per heavy atom. The highest BCUT2D eigenvalue weighted by Gasteiger charge is 2.10. The van der Waals surface area contributed by atoms with Gasteiger partial charge in [0.2, 0.25) is 0 Å². The third-order valence-electron chi connectivity index (χ3n) is 5.07. The van der Waals surface area contributed by atoms with Gasteiger partial charge >= 0.3 is 0 Å². The maximum atomic E-state index is 14.0. The largest absolute Gasteiger partial charge is 0.488 e. The van der Waals surface area contributed by atoms with Crippen LogP contribution >= 0.6 is 12.4 Å². The number of nitrogens with one attached hydrogen (secondary N) is 1. The van der Waals surface area contributed by atoms with E-state index in [9.17, 15) is 4.39 Å². The third kappa shape index (κ3) is 5.38. The molecule has 0 saturated heterocycles. The fourth-order valence-corrected chi connectivity index (χ4v) is 3.50. The molecule has 4 aromatic rings. The van der Waals surface area contributed by atoms with Gasteiger partial charge in [-0.25, -0.2) is 4.39 Å². The molecule has 0 saturated carbocycles. The summed E-state index contributed by atoms with van der Waals surface area (Å²) in [6, 6.07) is 29.5. The Bertz CT molecular complexity index is 1080. The molecule has 4 heteroatoms. The Kier molecular flexibility index (Phi) is 7.83. The molecule has 0 fully saturated rings. The van der Waals surface area contributed by atoms with E-state index in [0.717, 1.165) is 29.7 Å². The van der Waals surface area contributed by atoms with Gasteiger partial charge in [0.15, 0.2) is 0 Å². The summed E-state index contributed by atoms with van der Waals surface area (Å²) < 4.78 is 20.0. The van der Waals surface area contributed by atoms with Crippen LogP contribution in [0.25, 0.3) is 10.8 Å². The smallest absolute Gasteiger partial charge is 0.129 e.